The lowest BCUT2D eigenvalue weighted by Gasteiger charge is -2.17. The molecule has 2 rings (SSSR count). The summed E-state index contributed by atoms with van der Waals surface area (Å²) in [5.41, 5.74) is 9.99. The lowest BCUT2D eigenvalue weighted by atomic mass is 10.1. The largest absolute Gasteiger partial charge is 0.486 e. The molecule has 0 amide bonds. The Hall–Kier alpha value is -1.48. The van der Waals surface area contributed by atoms with Crippen LogP contribution in [0.5, 0.6) is 5.75 Å². The van der Waals surface area contributed by atoms with E-state index in [-0.39, 0.29) is 6.10 Å². The Morgan fingerprint density at radius 3 is 2.32 bits per heavy atom. The third-order valence-electron chi connectivity index (χ3n) is 3.10. The lowest BCUT2D eigenvalue weighted by Crippen LogP contribution is -2.04. The molecule has 0 spiro atoms. The summed E-state index contributed by atoms with van der Waals surface area (Å²) in [7, 11) is 0. The first-order valence-electron chi connectivity index (χ1n) is 6.26. The predicted molar refractivity (Wildman–Crippen MR) is 83.5 cm³/mol. The highest BCUT2D eigenvalue weighted by Crippen LogP contribution is 2.29. The van der Waals surface area contributed by atoms with Crippen molar-refractivity contribution in [2.24, 2.45) is 0 Å². The van der Waals surface area contributed by atoms with E-state index in [1.807, 2.05) is 43.3 Å². The standard InChI is InChI=1S/C16H18BrNO/c1-10-7-15(8-11(2)16(10)17)19-12(3)13-5-4-6-14(18)9-13/h4-9,12H,18H2,1-3H3. The minimum Gasteiger partial charge on any atom is -0.486 e. The van der Waals surface area contributed by atoms with Crippen LogP contribution in [-0.2, 0) is 0 Å². The topological polar surface area (TPSA) is 35.2 Å². The number of aryl methyl sites for hydroxylation is 2. The van der Waals surface area contributed by atoms with E-state index in [4.69, 9.17) is 10.5 Å². The van der Waals surface area contributed by atoms with Gasteiger partial charge in [0.2, 0.25) is 0 Å². The van der Waals surface area contributed by atoms with Crippen molar-refractivity contribution in [3.63, 3.8) is 0 Å². The molecule has 0 aliphatic carbocycles. The highest BCUT2D eigenvalue weighted by atomic mass is 79.9. The maximum absolute atomic E-state index is 6.00. The van der Waals surface area contributed by atoms with Gasteiger partial charge in [-0.25, -0.2) is 0 Å². The monoisotopic (exact) mass is 319 g/mol. The van der Waals surface area contributed by atoms with E-state index >= 15 is 0 Å². The Labute approximate surface area is 122 Å². The van der Waals surface area contributed by atoms with Gasteiger partial charge in [-0.1, -0.05) is 28.1 Å². The first-order valence-corrected chi connectivity index (χ1v) is 7.05. The third kappa shape index (κ3) is 3.29. The number of nitrogen functional groups attached to an aromatic ring is 1. The number of rotatable bonds is 3. The average Bonchev–Trinajstić information content (AvgIpc) is 2.36. The molecule has 100 valence electrons. The smallest absolute Gasteiger partial charge is 0.121 e. The van der Waals surface area contributed by atoms with Gasteiger partial charge in [0.1, 0.15) is 11.9 Å². The summed E-state index contributed by atoms with van der Waals surface area (Å²) in [6.45, 7) is 6.16. The van der Waals surface area contributed by atoms with Gasteiger partial charge in [0.25, 0.3) is 0 Å². The molecule has 0 bridgehead atoms. The molecule has 0 fully saturated rings. The molecule has 2 aromatic carbocycles. The molecule has 2 aromatic rings. The number of benzene rings is 2. The quantitative estimate of drug-likeness (QED) is 0.825. The number of halogens is 1. The fourth-order valence-corrected chi connectivity index (χ4v) is 2.29. The fourth-order valence-electron chi connectivity index (χ4n) is 2.06. The fraction of sp³-hybridized carbons (Fsp3) is 0.250. The summed E-state index contributed by atoms with van der Waals surface area (Å²) in [5, 5.41) is 0. The third-order valence-corrected chi connectivity index (χ3v) is 4.35. The van der Waals surface area contributed by atoms with Crippen molar-refractivity contribution in [1.82, 2.24) is 0 Å². The zero-order valence-corrected chi connectivity index (χ0v) is 13.0. The van der Waals surface area contributed by atoms with E-state index in [1.54, 1.807) is 0 Å². The van der Waals surface area contributed by atoms with Gasteiger partial charge in [0, 0.05) is 10.2 Å². The Kier molecular flexibility index (Phi) is 4.15. The number of hydrogen-bond acceptors (Lipinski definition) is 2. The zero-order valence-electron chi connectivity index (χ0n) is 11.4. The van der Waals surface area contributed by atoms with Crippen molar-refractivity contribution in [1.29, 1.82) is 0 Å². The van der Waals surface area contributed by atoms with Gasteiger partial charge < -0.3 is 10.5 Å². The molecule has 0 saturated heterocycles. The van der Waals surface area contributed by atoms with Crippen molar-refractivity contribution in [3.8, 4) is 5.75 Å². The van der Waals surface area contributed by atoms with Crippen LogP contribution in [-0.4, -0.2) is 0 Å². The van der Waals surface area contributed by atoms with E-state index in [2.05, 4.69) is 29.8 Å². The molecule has 0 heterocycles. The molecule has 3 heteroatoms. The normalized spacial score (nSPS) is 12.2. The van der Waals surface area contributed by atoms with Crippen molar-refractivity contribution in [2.75, 3.05) is 5.73 Å². The van der Waals surface area contributed by atoms with Crippen LogP contribution in [0.15, 0.2) is 40.9 Å². The maximum atomic E-state index is 6.00. The minimum absolute atomic E-state index is 0.0246. The Bertz CT molecular complexity index is 572. The van der Waals surface area contributed by atoms with Crippen molar-refractivity contribution in [3.05, 3.63) is 57.6 Å². The van der Waals surface area contributed by atoms with Crippen LogP contribution in [0.4, 0.5) is 5.69 Å². The van der Waals surface area contributed by atoms with Crippen LogP contribution in [0, 0.1) is 13.8 Å². The number of hydrogen-bond donors (Lipinski definition) is 1. The van der Waals surface area contributed by atoms with E-state index in [9.17, 15) is 0 Å². The SMILES string of the molecule is Cc1cc(OC(C)c2cccc(N)c2)cc(C)c1Br. The maximum Gasteiger partial charge on any atom is 0.121 e. The summed E-state index contributed by atoms with van der Waals surface area (Å²) >= 11 is 3.56. The zero-order chi connectivity index (χ0) is 14.0. The van der Waals surface area contributed by atoms with Gasteiger partial charge in [-0.3, -0.25) is 0 Å². The van der Waals surface area contributed by atoms with Crippen molar-refractivity contribution < 1.29 is 4.74 Å². The second-order valence-electron chi connectivity index (χ2n) is 4.80. The van der Waals surface area contributed by atoms with Crippen molar-refractivity contribution in [2.45, 2.75) is 26.9 Å². The second kappa shape index (κ2) is 5.66. The Morgan fingerprint density at radius 2 is 1.74 bits per heavy atom. The molecular formula is C16H18BrNO. The van der Waals surface area contributed by atoms with E-state index in [0.717, 1.165) is 21.5 Å². The van der Waals surface area contributed by atoms with Crippen LogP contribution in [0.25, 0.3) is 0 Å². The van der Waals surface area contributed by atoms with Gasteiger partial charge in [0.05, 0.1) is 0 Å². The minimum atomic E-state index is -0.0246. The highest BCUT2D eigenvalue weighted by molar-refractivity contribution is 9.10. The Balaban J connectivity index is 2.21. The summed E-state index contributed by atoms with van der Waals surface area (Å²) in [6, 6.07) is 11.9. The van der Waals surface area contributed by atoms with Gasteiger partial charge >= 0.3 is 0 Å². The summed E-state index contributed by atoms with van der Waals surface area (Å²) in [6.07, 6.45) is -0.0246. The van der Waals surface area contributed by atoms with Crippen LogP contribution in [0.3, 0.4) is 0 Å². The molecule has 1 atom stereocenters. The molecule has 0 aliphatic rings. The lowest BCUT2D eigenvalue weighted by molar-refractivity contribution is 0.226. The van der Waals surface area contributed by atoms with Gasteiger partial charge in [-0.15, -0.1) is 0 Å². The predicted octanol–water partition coefficient (Wildman–Crippen LogP) is 4.79. The molecular weight excluding hydrogens is 302 g/mol. The first-order chi connectivity index (χ1) is 8.97. The number of nitrogens with two attached hydrogens (primary N) is 1. The summed E-state index contributed by atoms with van der Waals surface area (Å²) in [5.74, 6) is 0.883. The van der Waals surface area contributed by atoms with Crippen LogP contribution < -0.4 is 10.5 Å². The van der Waals surface area contributed by atoms with Crippen LogP contribution >= 0.6 is 15.9 Å². The molecule has 1 unspecified atom stereocenters. The molecule has 2 nitrogen and oxygen atoms in total. The molecule has 0 aromatic heterocycles. The second-order valence-corrected chi connectivity index (χ2v) is 5.59. The van der Waals surface area contributed by atoms with Gasteiger partial charge in [0.15, 0.2) is 0 Å². The summed E-state index contributed by atoms with van der Waals surface area (Å²) < 4.78 is 7.13. The molecule has 0 radical (unpaired) electrons. The van der Waals surface area contributed by atoms with Crippen LogP contribution in [0.2, 0.25) is 0 Å². The number of ether oxygens (including phenoxy) is 1. The summed E-state index contributed by atoms with van der Waals surface area (Å²) in [4.78, 5) is 0. The molecule has 2 N–H and O–H groups in total. The highest BCUT2D eigenvalue weighted by Gasteiger charge is 2.09. The van der Waals surface area contributed by atoms with E-state index in [1.165, 1.54) is 11.1 Å². The molecule has 0 saturated carbocycles. The van der Waals surface area contributed by atoms with E-state index in [0.29, 0.717) is 0 Å². The van der Waals surface area contributed by atoms with Gasteiger partial charge in [-0.05, 0) is 61.7 Å². The molecule has 0 aliphatic heterocycles. The van der Waals surface area contributed by atoms with Crippen LogP contribution in [0.1, 0.15) is 29.7 Å². The van der Waals surface area contributed by atoms with Gasteiger partial charge in [-0.2, -0.15) is 0 Å². The number of anilines is 1. The Morgan fingerprint density at radius 1 is 1.11 bits per heavy atom. The first kappa shape index (κ1) is 13.9. The van der Waals surface area contributed by atoms with Crippen molar-refractivity contribution >= 4 is 21.6 Å². The average molecular weight is 320 g/mol. The van der Waals surface area contributed by atoms with E-state index < -0.39 is 0 Å². The molecule has 19 heavy (non-hydrogen) atoms.